The second kappa shape index (κ2) is 6.07. The molecule has 0 aliphatic rings. The van der Waals surface area contributed by atoms with Gasteiger partial charge in [-0.15, -0.1) is 0 Å². The summed E-state index contributed by atoms with van der Waals surface area (Å²) in [7, 11) is 0. The van der Waals surface area contributed by atoms with Crippen LogP contribution in [0.25, 0.3) is 0 Å². The number of hydrogen-bond donors (Lipinski definition) is 2. The van der Waals surface area contributed by atoms with Crippen molar-refractivity contribution >= 4 is 17.3 Å². The molecule has 0 spiro atoms. The lowest BCUT2D eigenvalue weighted by molar-refractivity contribution is -0.120. The fourth-order valence-electron chi connectivity index (χ4n) is 1.14. The Hall–Kier alpha value is -1.62. The Balaban J connectivity index is 2.49. The number of benzene rings is 1. The van der Waals surface area contributed by atoms with Gasteiger partial charge in [0.25, 0.3) is 0 Å². The number of ether oxygens (including phenoxy) is 1. The van der Waals surface area contributed by atoms with Crippen molar-refractivity contribution < 1.29 is 13.9 Å². The highest BCUT2D eigenvalue weighted by molar-refractivity contribution is 5.94. The number of hydrogen-bond acceptors (Lipinski definition) is 3. The Bertz CT molecular complexity index is 369. The quantitative estimate of drug-likeness (QED) is 0.594. The molecule has 0 saturated heterocycles. The maximum Gasteiger partial charge on any atom is 0.250 e. The van der Waals surface area contributed by atoms with E-state index in [4.69, 9.17) is 10.5 Å². The molecule has 0 atom stereocenters. The molecule has 0 aliphatic carbocycles. The maximum absolute atomic E-state index is 12.7. The lowest BCUT2D eigenvalue weighted by atomic mass is 10.2. The zero-order chi connectivity index (χ0) is 12.0. The van der Waals surface area contributed by atoms with Crippen LogP contribution in [-0.4, -0.2) is 19.1 Å². The number of nitrogens with two attached hydrogens (primary N) is 1. The summed E-state index contributed by atoms with van der Waals surface area (Å²) < 4.78 is 17.8. The highest BCUT2D eigenvalue weighted by Crippen LogP contribution is 2.18. The van der Waals surface area contributed by atoms with Gasteiger partial charge in [-0.05, 0) is 24.6 Å². The Morgan fingerprint density at radius 1 is 1.56 bits per heavy atom. The van der Waals surface area contributed by atoms with Gasteiger partial charge in [0.2, 0.25) is 5.91 Å². The predicted molar refractivity (Wildman–Crippen MR) is 60.6 cm³/mol. The van der Waals surface area contributed by atoms with Crippen molar-refractivity contribution in [1.29, 1.82) is 0 Å². The largest absolute Gasteiger partial charge is 0.397 e. The predicted octanol–water partition coefficient (Wildman–Crippen LogP) is 1.77. The van der Waals surface area contributed by atoms with Crippen LogP contribution >= 0.6 is 0 Å². The van der Waals surface area contributed by atoms with Crippen LogP contribution in [0.3, 0.4) is 0 Å². The molecule has 0 unspecified atom stereocenters. The lowest BCUT2D eigenvalue weighted by Gasteiger charge is -2.08. The number of halogens is 1. The zero-order valence-electron chi connectivity index (χ0n) is 9.13. The number of nitrogen functional groups attached to an aromatic ring is 1. The molecule has 3 N–H and O–H groups in total. The van der Waals surface area contributed by atoms with E-state index in [0.717, 1.165) is 12.5 Å². The van der Waals surface area contributed by atoms with Gasteiger partial charge in [-0.3, -0.25) is 4.79 Å². The van der Waals surface area contributed by atoms with Crippen LogP contribution in [0.15, 0.2) is 18.2 Å². The molecule has 0 fully saturated rings. The molecule has 0 bridgehead atoms. The molecule has 5 heteroatoms. The van der Waals surface area contributed by atoms with Gasteiger partial charge in [0.05, 0.1) is 11.4 Å². The van der Waals surface area contributed by atoms with Crippen LogP contribution in [0.5, 0.6) is 0 Å². The summed E-state index contributed by atoms with van der Waals surface area (Å²) in [4.78, 5) is 11.3. The van der Waals surface area contributed by atoms with E-state index in [2.05, 4.69) is 5.32 Å². The number of rotatable bonds is 5. The minimum absolute atomic E-state index is 0.0232. The van der Waals surface area contributed by atoms with Crippen molar-refractivity contribution in [3.63, 3.8) is 0 Å². The van der Waals surface area contributed by atoms with Crippen LogP contribution in [0, 0.1) is 5.82 Å². The first-order valence-corrected chi connectivity index (χ1v) is 5.06. The molecule has 1 aromatic carbocycles. The van der Waals surface area contributed by atoms with Crippen molar-refractivity contribution in [1.82, 2.24) is 0 Å². The number of carbonyl (C=O) groups is 1. The molecule has 0 aliphatic heterocycles. The Labute approximate surface area is 93.6 Å². The first kappa shape index (κ1) is 12.4. The molecule has 16 heavy (non-hydrogen) atoms. The summed E-state index contributed by atoms with van der Waals surface area (Å²) in [6.45, 7) is 2.47. The first-order chi connectivity index (χ1) is 7.63. The molecule has 0 saturated carbocycles. The van der Waals surface area contributed by atoms with Crippen LogP contribution in [0.1, 0.15) is 13.3 Å². The third-order valence-electron chi connectivity index (χ3n) is 1.87. The Kier molecular flexibility index (Phi) is 4.72. The number of carbonyl (C=O) groups excluding carboxylic acids is 1. The fraction of sp³-hybridized carbons (Fsp3) is 0.364. The number of amides is 1. The van der Waals surface area contributed by atoms with Crippen molar-refractivity contribution in [3.05, 3.63) is 24.0 Å². The SMILES string of the molecule is CCCOCC(=O)Nc1ccc(F)cc1N. The zero-order valence-corrected chi connectivity index (χ0v) is 9.13. The molecule has 0 radical (unpaired) electrons. The summed E-state index contributed by atoms with van der Waals surface area (Å²) in [6.07, 6.45) is 0.853. The molecule has 1 rings (SSSR count). The van der Waals surface area contributed by atoms with Crippen molar-refractivity contribution in [3.8, 4) is 0 Å². The minimum atomic E-state index is -0.433. The van der Waals surface area contributed by atoms with E-state index in [0.29, 0.717) is 12.3 Å². The molecule has 88 valence electrons. The second-order valence-corrected chi connectivity index (χ2v) is 3.33. The highest BCUT2D eigenvalue weighted by Gasteiger charge is 2.05. The van der Waals surface area contributed by atoms with Crippen LogP contribution in [0.4, 0.5) is 15.8 Å². The van der Waals surface area contributed by atoms with E-state index in [9.17, 15) is 9.18 Å². The van der Waals surface area contributed by atoms with Crippen LogP contribution < -0.4 is 11.1 Å². The van der Waals surface area contributed by atoms with Crippen molar-refractivity contribution in [2.75, 3.05) is 24.3 Å². The first-order valence-electron chi connectivity index (χ1n) is 5.06. The van der Waals surface area contributed by atoms with Gasteiger partial charge in [0, 0.05) is 6.61 Å². The molecule has 0 aromatic heterocycles. The molecular weight excluding hydrogens is 211 g/mol. The molecule has 0 heterocycles. The smallest absolute Gasteiger partial charge is 0.250 e. The Morgan fingerprint density at radius 2 is 2.31 bits per heavy atom. The molecular formula is C11H15FN2O2. The van der Waals surface area contributed by atoms with Gasteiger partial charge < -0.3 is 15.8 Å². The summed E-state index contributed by atoms with van der Waals surface area (Å²) >= 11 is 0. The van der Waals surface area contributed by atoms with Crippen molar-refractivity contribution in [2.45, 2.75) is 13.3 Å². The minimum Gasteiger partial charge on any atom is -0.397 e. The van der Waals surface area contributed by atoms with E-state index in [-0.39, 0.29) is 18.2 Å². The summed E-state index contributed by atoms with van der Waals surface area (Å²) in [5.74, 6) is -0.732. The second-order valence-electron chi connectivity index (χ2n) is 3.33. The lowest BCUT2D eigenvalue weighted by Crippen LogP contribution is -2.19. The van der Waals surface area contributed by atoms with Gasteiger partial charge in [0.1, 0.15) is 12.4 Å². The third-order valence-corrected chi connectivity index (χ3v) is 1.87. The average Bonchev–Trinajstić information content (AvgIpc) is 2.23. The fourth-order valence-corrected chi connectivity index (χ4v) is 1.14. The third kappa shape index (κ3) is 3.86. The number of anilines is 2. The van der Waals surface area contributed by atoms with Gasteiger partial charge in [0.15, 0.2) is 0 Å². The maximum atomic E-state index is 12.7. The summed E-state index contributed by atoms with van der Waals surface area (Å²) in [6, 6.07) is 3.81. The molecule has 1 aromatic rings. The summed E-state index contributed by atoms with van der Waals surface area (Å²) in [5, 5.41) is 2.54. The molecule has 4 nitrogen and oxygen atoms in total. The number of nitrogens with one attached hydrogen (secondary N) is 1. The monoisotopic (exact) mass is 226 g/mol. The van der Waals surface area contributed by atoms with E-state index in [1.165, 1.54) is 12.1 Å². The normalized spacial score (nSPS) is 10.1. The van der Waals surface area contributed by atoms with Crippen LogP contribution in [-0.2, 0) is 9.53 Å². The molecule has 1 amide bonds. The van der Waals surface area contributed by atoms with E-state index < -0.39 is 5.82 Å². The Morgan fingerprint density at radius 3 is 2.94 bits per heavy atom. The summed E-state index contributed by atoms with van der Waals surface area (Å²) in [5.41, 5.74) is 6.12. The average molecular weight is 226 g/mol. The van der Waals surface area contributed by atoms with E-state index in [1.54, 1.807) is 0 Å². The van der Waals surface area contributed by atoms with Gasteiger partial charge in [-0.1, -0.05) is 6.92 Å². The van der Waals surface area contributed by atoms with Gasteiger partial charge >= 0.3 is 0 Å². The van der Waals surface area contributed by atoms with E-state index in [1.807, 2.05) is 6.92 Å². The van der Waals surface area contributed by atoms with Gasteiger partial charge in [-0.25, -0.2) is 4.39 Å². The topological polar surface area (TPSA) is 64.3 Å². The van der Waals surface area contributed by atoms with E-state index >= 15 is 0 Å². The van der Waals surface area contributed by atoms with Gasteiger partial charge in [-0.2, -0.15) is 0 Å². The highest BCUT2D eigenvalue weighted by atomic mass is 19.1. The van der Waals surface area contributed by atoms with Crippen molar-refractivity contribution in [2.24, 2.45) is 0 Å². The van der Waals surface area contributed by atoms with Crippen LogP contribution in [0.2, 0.25) is 0 Å². The standard InChI is InChI=1S/C11H15FN2O2/c1-2-5-16-7-11(15)14-10-4-3-8(12)6-9(10)13/h3-4,6H,2,5,7,13H2,1H3,(H,14,15).